The molecule has 1 atom stereocenters. The molecule has 0 aliphatic carbocycles. The first kappa shape index (κ1) is 18.7. The van der Waals surface area contributed by atoms with Gasteiger partial charge in [0.1, 0.15) is 11.6 Å². The van der Waals surface area contributed by atoms with Gasteiger partial charge in [-0.3, -0.25) is 14.5 Å². The zero-order valence-electron chi connectivity index (χ0n) is 16.1. The third-order valence-electron chi connectivity index (χ3n) is 5.38. The van der Waals surface area contributed by atoms with E-state index in [4.69, 9.17) is 16.0 Å². The lowest BCUT2D eigenvalue weighted by molar-refractivity contribution is 0.0971. The van der Waals surface area contributed by atoms with Crippen molar-refractivity contribution >= 4 is 66.5 Å². The summed E-state index contributed by atoms with van der Waals surface area (Å²) in [6.45, 7) is 1.92. The molecule has 1 aliphatic rings. The molecule has 0 saturated carbocycles. The number of fused-ring (bicyclic) bond motifs is 3. The second-order valence-electron chi connectivity index (χ2n) is 7.38. The molecule has 31 heavy (non-hydrogen) atoms. The van der Waals surface area contributed by atoms with Crippen LogP contribution < -0.4 is 10.3 Å². The minimum Gasteiger partial charge on any atom is -0.450 e. The number of hydrogen-bond donors (Lipinski definition) is 0. The molecule has 1 aliphatic heterocycles. The SMILES string of the molecule is Cc1ccc2oc3c(c(=O)c2c1)[C@H](c1cccs1)N(c1nc2ccc(Cl)cc2s1)C3=O. The van der Waals surface area contributed by atoms with Crippen molar-refractivity contribution < 1.29 is 9.21 Å². The summed E-state index contributed by atoms with van der Waals surface area (Å²) in [7, 11) is 0. The number of thiazole rings is 1. The minimum atomic E-state index is -0.584. The molecule has 0 fully saturated rings. The quantitative estimate of drug-likeness (QED) is 0.313. The minimum absolute atomic E-state index is 0.0806. The summed E-state index contributed by atoms with van der Waals surface area (Å²) in [6, 6.07) is 14.1. The van der Waals surface area contributed by atoms with Gasteiger partial charge in [0.25, 0.3) is 5.91 Å². The summed E-state index contributed by atoms with van der Waals surface area (Å²) in [5, 5.41) is 3.52. The van der Waals surface area contributed by atoms with Crippen LogP contribution in [0.25, 0.3) is 21.2 Å². The Morgan fingerprint density at radius 3 is 2.81 bits per heavy atom. The number of aromatic nitrogens is 1. The Balaban J connectivity index is 1.64. The van der Waals surface area contributed by atoms with Gasteiger partial charge >= 0.3 is 0 Å². The van der Waals surface area contributed by atoms with Gasteiger partial charge in [-0.15, -0.1) is 11.3 Å². The van der Waals surface area contributed by atoms with E-state index in [1.54, 1.807) is 23.1 Å². The average molecular weight is 465 g/mol. The second-order valence-corrected chi connectivity index (χ2v) is 9.80. The number of nitrogens with zero attached hydrogens (tertiary/aromatic N) is 2. The van der Waals surface area contributed by atoms with E-state index in [0.29, 0.717) is 26.7 Å². The Labute approximate surface area is 189 Å². The van der Waals surface area contributed by atoms with Gasteiger partial charge in [-0.05, 0) is 48.7 Å². The number of halogens is 1. The van der Waals surface area contributed by atoms with Gasteiger partial charge in [0.15, 0.2) is 10.6 Å². The van der Waals surface area contributed by atoms with Crippen molar-refractivity contribution in [3.63, 3.8) is 0 Å². The van der Waals surface area contributed by atoms with E-state index in [9.17, 15) is 9.59 Å². The van der Waals surface area contributed by atoms with E-state index in [-0.39, 0.29) is 17.1 Å². The summed E-state index contributed by atoms with van der Waals surface area (Å²) >= 11 is 9.00. The van der Waals surface area contributed by atoms with E-state index in [0.717, 1.165) is 20.7 Å². The molecule has 2 aromatic carbocycles. The van der Waals surface area contributed by atoms with Gasteiger partial charge in [0.2, 0.25) is 5.76 Å². The molecule has 0 bridgehead atoms. The van der Waals surface area contributed by atoms with Gasteiger partial charge < -0.3 is 4.42 Å². The first-order chi connectivity index (χ1) is 15.0. The van der Waals surface area contributed by atoms with E-state index in [1.165, 1.54) is 22.7 Å². The van der Waals surface area contributed by atoms with E-state index in [1.807, 2.05) is 42.6 Å². The van der Waals surface area contributed by atoms with Crippen LogP contribution in [0.15, 0.2) is 63.1 Å². The van der Waals surface area contributed by atoms with Crippen LogP contribution in [0.1, 0.15) is 32.6 Å². The molecule has 3 aromatic heterocycles. The lowest BCUT2D eigenvalue weighted by Gasteiger charge is -2.20. The van der Waals surface area contributed by atoms with E-state index in [2.05, 4.69) is 4.98 Å². The maximum Gasteiger partial charge on any atom is 0.297 e. The number of benzene rings is 2. The topological polar surface area (TPSA) is 63.4 Å². The van der Waals surface area contributed by atoms with Gasteiger partial charge in [-0.1, -0.05) is 40.6 Å². The van der Waals surface area contributed by atoms with Gasteiger partial charge in [0, 0.05) is 9.90 Å². The molecule has 8 heteroatoms. The molecule has 152 valence electrons. The molecule has 6 rings (SSSR count). The van der Waals surface area contributed by atoms with Crippen LogP contribution in [-0.2, 0) is 0 Å². The zero-order valence-corrected chi connectivity index (χ0v) is 18.5. The third-order valence-corrected chi connectivity index (χ3v) is 7.56. The van der Waals surface area contributed by atoms with Crippen molar-refractivity contribution in [2.75, 3.05) is 4.90 Å². The van der Waals surface area contributed by atoms with Crippen molar-refractivity contribution in [2.45, 2.75) is 13.0 Å². The zero-order chi connectivity index (χ0) is 21.3. The largest absolute Gasteiger partial charge is 0.450 e. The van der Waals surface area contributed by atoms with Crippen molar-refractivity contribution in [3.8, 4) is 0 Å². The molecular formula is C23H13ClN2O3S2. The second kappa shape index (κ2) is 6.75. The molecule has 5 nitrogen and oxygen atoms in total. The number of aryl methyl sites for hydroxylation is 1. The molecule has 1 amide bonds. The average Bonchev–Trinajstić information content (AvgIpc) is 3.46. The van der Waals surface area contributed by atoms with Crippen molar-refractivity contribution in [2.24, 2.45) is 0 Å². The number of rotatable bonds is 2. The Kier molecular flexibility index (Phi) is 4.08. The Bertz CT molecular complexity index is 1570. The number of carbonyl (C=O) groups excluding carboxylic acids is 1. The molecule has 4 heterocycles. The lowest BCUT2D eigenvalue weighted by atomic mass is 10.0. The summed E-state index contributed by atoms with van der Waals surface area (Å²) in [5.41, 5.74) is 2.29. The fraction of sp³-hybridized carbons (Fsp3) is 0.0870. The van der Waals surface area contributed by atoms with E-state index >= 15 is 0 Å². The fourth-order valence-electron chi connectivity index (χ4n) is 3.99. The lowest BCUT2D eigenvalue weighted by Crippen LogP contribution is -2.28. The summed E-state index contributed by atoms with van der Waals surface area (Å²) in [4.78, 5) is 34.2. The predicted molar refractivity (Wildman–Crippen MR) is 125 cm³/mol. The standard InChI is InChI=1S/C23H13ClN2O3S2/c1-11-4-7-15-13(9-11)20(27)18-19(16-3-2-8-30-16)26(22(28)21(18)29-15)23-25-14-6-5-12(24)10-17(14)31-23/h2-10,19H,1H3/t19-/m0/s1. The Morgan fingerprint density at radius 2 is 2.00 bits per heavy atom. The van der Waals surface area contributed by atoms with E-state index < -0.39 is 6.04 Å². The smallest absolute Gasteiger partial charge is 0.297 e. The van der Waals surface area contributed by atoms with Crippen LogP contribution in [0.4, 0.5) is 5.13 Å². The number of hydrogen-bond acceptors (Lipinski definition) is 6. The molecule has 0 radical (unpaired) electrons. The van der Waals surface area contributed by atoms with Crippen LogP contribution in [0.5, 0.6) is 0 Å². The maximum atomic E-state index is 13.5. The molecule has 0 saturated heterocycles. The molecule has 0 N–H and O–H groups in total. The highest BCUT2D eigenvalue weighted by atomic mass is 35.5. The number of carbonyl (C=O) groups is 1. The predicted octanol–water partition coefficient (Wildman–Crippen LogP) is 6.18. The highest BCUT2D eigenvalue weighted by Gasteiger charge is 2.45. The Morgan fingerprint density at radius 1 is 1.13 bits per heavy atom. The first-order valence-electron chi connectivity index (χ1n) is 9.51. The summed E-state index contributed by atoms with van der Waals surface area (Å²) < 4.78 is 6.87. The van der Waals surface area contributed by atoms with Crippen molar-refractivity contribution in [1.29, 1.82) is 0 Å². The number of thiophene rings is 1. The maximum absolute atomic E-state index is 13.5. The summed E-state index contributed by atoms with van der Waals surface area (Å²) in [6.07, 6.45) is 0. The monoisotopic (exact) mass is 464 g/mol. The van der Waals surface area contributed by atoms with Crippen LogP contribution in [0.3, 0.4) is 0 Å². The Hall–Kier alpha value is -3.00. The molecular weight excluding hydrogens is 452 g/mol. The van der Waals surface area contributed by atoms with Gasteiger partial charge in [-0.2, -0.15) is 0 Å². The highest BCUT2D eigenvalue weighted by molar-refractivity contribution is 7.22. The van der Waals surface area contributed by atoms with Crippen LogP contribution >= 0.6 is 34.3 Å². The fourth-order valence-corrected chi connectivity index (χ4v) is 6.08. The van der Waals surface area contributed by atoms with Crippen molar-refractivity contribution in [3.05, 3.63) is 90.9 Å². The van der Waals surface area contributed by atoms with Crippen LogP contribution in [0, 0.1) is 6.92 Å². The number of amides is 1. The third kappa shape index (κ3) is 2.77. The normalized spacial score (nSPS) is 15.9. The van der Waals surface area contributed by atoms with Gasteiger partial charge in [-0.25, -0.2) is 4.98 Å². The molecule has 0 spiro atoms. The van der Waals surface area contributed by atoms with Gasteiger partial charge in [0.05, 0.1) is 21.2 Å². The molecule has 5 aromatic rings. The molecule has 0 unspecified atom stereocenters. The highest BCUT2D eigenvalue weighted by Crippen LogP contribution is 2.44. The van der Waals surface area contributed by atoms with Crippen LogP contribution in [0.2, 0.25) is 5.02 Å². The summed E-state index contributed by atoms with van der Waals surface area (Å²) in [5.74, 6) is -0.282. The number of anilines is 1. The van der Waals surface area contributed by atoms with Crippen LogP contribution in [-0.4, -0.2) is 10.9 Å². The van der Waals surface area contributed by atoms with Crippen molar-refractivity contribution in [1.82, 2.24) is 4.98 Å². The first-order valence-corrected chi connectivity index (χ1v) is 11.6.